The normalized spacial score (nSPS) is 28.7. The van der Waals surface area contributed by atoms with Crippen LogP contribution in [0.15, 0.2) is 48.7 Å². The van der Waals surface area contributed by atoms with E-state index in [0.29, 0.717) is 11.8 Å². The number of aromatic nitrogens is 1. The molecule has 0 spiro atoms. The largest absolute Gasteiger partial charge is 0.385 e. The van der Waals surface area contributed by atoms with Crippen LogP contribution >= 0.6 is 0 Å². The Hall–Kier alpha value is -1.91. The van der Waals surface area contributed by atoms with E-state index in [2.05, 4.69) is 34.1 Å². The van der Waals surface area contributed by atoms with Gasteiger partial charge in [0.25, 0.3) is 0 Å². The van der Waals surface area contributed by atoms with Crippen molar-refractivity contribution in [1.29, 1.82) is 0 Å². The Labute approximate surface area is 156 Å². The SMILES string of the molecule is CN(C)c1ccc(CN2C[C@@H]3CCC[C@@](O)(c4ccccc4)[C@@H]3C2)cn1. The number of nitrogens with zero attached hydrogens (tertiary/aromatic N) is 3. The maximum absolute atomic E-state index is 11.5. The molecule has 1 aliphatic heterocycles. The van der Waals surface area contributed by atoms with Crippen LogP contribution in [-0.2, 0) is 12.1 Å². The van der Waals surface area contributed by atoms with Crippen molar-refractivity contribution in [3.05, 3.63) is 59.8 Å². The third-order valence-corrected chi connectivity index (χ3v) is 6.21. The first-order chi connectivity index (χ1) is 12.6. The first-order valence-electron chi connectivity index (χ1n) is 9.69. The van der Waals surface area contributed by atoms with Gasteiger partial charge in [-0.1, -0.05) is 36.4 Å². The first kappa shape index (κ1) is 17.5. The van der Waals surface area contributed by atoms with Gasteiger partial charge in [-0.3, -0.25) is 4.90 Å². The van der Waals surface area contributed by atoms with E-state index in [9.17, 15) is 5.11 Å². The number of hydrogen-bond acceptors (Lipinski definition) is 4. The molecular formula is C22H29N3O. The Bertz CT molecular complexity index is 731. The molecule has 0 radical (unpaired) electrons. The quantitative estimate of drug-likeness (QED) is 0.918. The Morgan fingerprint density at radius 3 is 2.65 bits per heavy atom. The van der Waals surface area contributed by atoms with E-state index in [4.69, 9.17) is 0 Å². The maximum atomic E-state index is 11.5. The number of rotatable bonds is 4. The smallest absolute Gasteiger partial charge is 0.127 e. The van der Waals surface area contributed by atoms with E-state index in [1.54, 1.807) is 0 Å². The highest BCUT2D eigenvalue weighted by Gasteiger charge is 2.49. The summed E-state index contributed by atoms with van der Waals surface area (Å²) in [5.41, 5.74) is 1.66. The molecule has 1 aromatic heterocycles. The lowest BCUT2D eigenvalue weighted by molar-refractivity contribution is -0.0648. The lowest BCUT2D eigenvalue weighted by atomic mass is 9.67. The lowest BCUT2D eigenvalue weighted by Gasteiger charge is -2.41. The molecule has 0 amide bonds. The van der Waals surface area contributed by atoms with Crippen LogP contribution in [0.2, 0.25) is 0 Å². The van der Waals surface area contributed by atoms with Crippen LogP contribution in [0, 0.1) is 11.8 Å². The molecule has 1 N–H and O–H groups in total. The summed E-state index contributed by atoms with van der Waals surface area (Å²) < 4.78 is 0. The molecule has 3 atom stereocenters. The Morgan fingerprint density at radius 1 is 1.15 bits per heavy atom. The molecule has 2 aliphatic rings. The fourth-order valence-electron chi connectivity index (χ4n) is 4.86. The van der Waals surface area contributed by atoms with E-state index < -0.39 is 5.60 Å². The summed E-state index contributed by atoms with van der Waals surface area (Å²) in [4.78, 5) is 9.06. The highest BCUT2D eigenvalue weighted by molar-refractivity contribution is 5.37. The van der Waals surface area contributed by atoms with Gasteiger partial charge in [0.05, 0.1) is 5.60 Å². The van der Waals surface area contributed by atoms with Crippen LogP contribution in [0.4, 0.5) is 5.82 Å². The standard InChI is InChI=1S/C22H29N3O/c1-24(2)21-11-10-17(13-23-21)14-25-15-18-7-6-12-22(26,20(18)16-25)19-8-4-3-5-9-19/h3-5,8-11,13,18,20,26H,6-7,12,14-16H2,1-2H3/t18-,20+,22+/m0/s1. The molecule has 2 aromatic rings. The zero-order valence-electron chi connectivity index (χ0n) is 15.8. The second kappa shape index (κ2) is 7.01. The molecule has 138 valence electrons. The Kier molecular flexibility index (Phi) is 4.72. The topological polar surface area (TPSA) is 39.6 Å². The third-order valence-electron chi connectivity index (χ3n) is 6.21. The monoisotopic (exact) mass is 351 g/mol. The highest BCUT2D eigenvalue weighted by Crippen LogP contribution is 2.48. The molecular weight excluding hydrogens is 322 g/mol. The number of aliphatic hydroxyl groups is 1. The van der Waals surface area contributed by atoms with Crippen molar-refractivity contribution in [3.63, 3.8) is 0 Å². The summed E-state index contributed by atoms with van der Waals surface area (Å²) in [5, 5.41) is 11.5. The fourth-order valence-corrected chi connectivity index (χ4v) is 4.86. The molecule has 4 heteroatoms. The van der Waals surface area contributed by atoms with Crippen LogP contribution in [0.25, 0.3) is 0 Å². The summed E-state index contributed by atoms with van der Waals surface area (Å²) in [6.45, 7) is 2.96. The summed E-state index contributed by atoms with van der Waals surface area (Å²) >= 11 is 0. The van der Waals surface area contributed by atoms with Gasteiger partial charge in [0.1, 0.15) is 5.82 Å². The van der Waals surface area contributed by atoms with Crippen molar-refractivity contribution in [3.8, 4) is 0 Å². The number of benzene rings is 1. The highest BCUT2D eigenvalue weighted by atomic mass is 16.3. The third kappa shape index (κ3) is 3.24. The van der Waals surface area contributed by atoms with Crippen molar-refractivity contribution in [2.45, 2.75) is 31.4 Å². The van der Waals surface area contributed by atoms with E-state index in [0.717, 1.165) is 43.9 Å². The second-order valence-electron chi connectivity index (χ2n) is 8.16. The van der Waals surface area contributed by atoms with Crippen molar-refractivity contribution >= 4 is 5.82 Å². The summed E-state index contributed by atoms with van der Waals surface area (Å²) in [5.74, 6) is 1.90. The van der Waals surface area contributed by atoms with Crippen LogP contribution in [-0.4, -0.2) is 42.2 Å². The van der Waals surface area contributed by atoms with E-state index in [1.165, 1.54) is 12.0 Å². The van der Waals surface area contributed by atoms with E-state index >= 15 is 0 Å². The molecule has 26 heavy (non-hydrogen) atoms. The lowest BCUT2D eigenvalue weighted by Crippen LogP contribution is -2.42. The minimum absolute atomic E-state index is 0.327. The number of likely N-dealkylation sites (tertiary alicyclic amines) is 1. The van der Waals surface area contributed by atoms with Gasteiger partial charge >= 0.3 is 0 Å². The van der Waals surface area contributed by atoms with Gasteiger partial charge in [0.15, 0.2) is 0 Å². The molecule has 0 unspecified atom stereocenters. The molecule has 2 fully saturated rings. The van der Waals surface area contributed by atoms with Gasteiger partial charge in [-0.05, 0) is 42.4 Å². The average Bonchev–Trinajstić information content (AvgIpc) is 3.07. The molecule has 4 rings (SSSR count). The number of hydrogen-bond donors (Lipinski definition) is 1. The zero-order chi connectivity index (χ0) is 18.1. The van der Waals surface area contributed by atoms with E-state index in [1.807, 2.05) is 43.4 Å². The second-order valence-corrected chi connectivity index (χ2v) is 8.16. The van der Waals surface area contributed by atoms with Crippen LogP contribution in [0.5, 0.6) is 0 Å². The van der Waals surface area contributed by atoms with Crippen molar-refractivity contribution in [2.75, 3.05) is 32.1 Å². The maximum Gasteiger partial charge on any atom is 0.127 e. The van der Waals surface area contributed by atoms with Gasteiger partial charge in [-0.25, -0.2) is 4.98 Å². The van der Waals surface area contributed by atoms with Crippen molar-refractivity contribution in [2.24, 2.45) is 11.8 Å². The molecule has 1 saturated heterocycles. The molecule has 1 aromatic carbocycles. The minimum atomic E-state index is -0.675. The Morgan fingerprint density at radius 2 is 1.96 bits per heavy atom. The van der Waals surface area contributed by atoms with Gasteiger partial charge in [0.2, 0.25) is 0 Å². The number of pyridine rings is 1. The van der Waals surface area contributed by atoms with Gasteiger partial charge < -0.3 is 10.0 Å². The average molecular weight is 351 g/mol. The van der Waals surface area contributed by atoms with E-state index in [-0.39, 0.29) is 0 Å². The number of anilines is 1. The van der Waals surface area contributed by atoms with Gasteiger partial charge in [-0.15, -0.1) is 0 Å². The van der Waals surface area contributed by atoms with Gasteiger partial charge in [0, 0.05) is 45.8 Å². The number of fused-ring (bicyclic) bond motifs is 1. The predicted octanol–water partition coefficient (Wildman–Crippen LogP) is 3.27. The zero-order valence-corrected chi connectivity index (χ0v) is 15.8. The fraction of sp³-hybridized carbons (Fsp3) is 0.500. The van der Waals surface area contributed by atoms with Crippen LogP contribution < -0.4 is 4.90 Å². The molecule has 4 nitrogen and oxygen atoms in total. The van der Waals surface area contributed by atoms with Crippen LogP contribution in [0.3, 0.4) is 0 Å². The minimum Gasteiger partial charge on any atom is -0.385 e. The summed E-state index contributed by atoms with van der Waals surface area (Å²) in [7, 11) is 4.02. The molecule has 2 heterocycles. The van der Waals surface area contributed by atoms with Crippen molar-refractivity contribution < 1.29 is 5.11 Å². The van der Waals surface area contributed by atoms with Crippen LogP contribution in [0.1, 0.15) is 30.4 Å². The molecule has 1 saturated carbocycles. The first-order valence-corrected chi connectivity index (χ1v) is 9.69. The Balaban J connectivity index is 1.49. The molecule has 1 aliphatic carbocycles. The van der Waals surface area contributed by atoms with Gasteiger partial charge in [-0.2, -0.15) is 0 Å². The van der Waals surface area contributed by atoms with Crippen molar-refractivity contribution in [1.82, 2.24) is 9.88 Å². The predicted molar refractivity (Wildman–Crippen MR) is 105 cm³/mol. The molecule has 0 bridgehead atoms. The summed E-state index contributed by atoms with van der Waals surface area (Å²) in [6, 6.07) is 14.6. The summed E-state index contributed by atoms with van der Waals surface area (Å²) in [6.07, 6.45) is 5.21.